The molecule has 0 amide bonds. The maximum atomic E-state index is 9.50. The third kappa shape index (κ3) is 5.96. The Labute approximate surface area is 257 Å². The molecule has 1 aliphatic rings. The monoisotopic (exact) mass is 578 g/mol. The van der Waals surface area contributed by atoms with E-state index in [1.54, 1.807) is 0 Å². The van der Waals surface area contributed by atoms with Gasteiger partial charge in [-0.15, -0.1) is 0 Å². The molecule has 4 aromatic rings. The van der Waals surface area contributed by atoms with Crippen LogP contribution >= 0.6 is 0 Å². The molecule has 43 heavy (non-hydrogen) atoms. The van der Waals surface area contributed by atoms with E-state index in [2.05, 4.69) is 133 Å². The van der Waals surface area contributed by atoms with Crippen molar-refractivity contribution in [2.24, 2.45) is 0 Å². The summed E-state index contributed by atoms with van der Waals surface area (Å²) < 4.78 is 12.1. The largest absolute Gasteiger partial charge is 0.491 e. The number of hydrogen-bond acceptors (Lipinski definition) is 4. The van der Waals surface area contributed by atoms with Gasteiger partial charge in [-0.1, -0.05) is 120 Å². The maximum Gasteiger partial charge on any atom is 0.123 e. The molecule has 0 aliphatic heterocycles. The number of hydrogen-bond donors (Lipinski definition) is 2. The van der Waals surface area contributed by atoms with Crippen molar-refractivity contribution in [3.05, 3.63) is 130 Å². The van der Waals surface area contributed by atoms with Crippen LogP contribution in [0, 0.1) is 0 Å². The molecule has 0 bridgehead atoms. The lowest BCUT2D eigenvalue weighted by molar-refractivity contribution is 0.198. The van der Waals surface area contributed by atoms with E-state index in [1.807, 2.05) is 0 Å². The quantitative estimate of drug-likeness (QED) is 0.212. The Morgan fingerprint density at radius 1 is 0.651 bits per heavy atom. The number of aliphatic hydroxyl groups excluding tert-OH is 2. The molecule has 0 radical (unpaired) electrons. The highest BCUT2D eigenvalue weighted by Crippen LogP contribution is 2.57. The van der Waals surface area contributed by atoms with Gasteiger partial charge in [0.25, 0.3) is 0 Å². The zero-order valence-electron chi connectivity index (χ0n) is 26.5. The number of rotatable bonds is 9. The van der Waals surface area contributed by atoms with Gasteiger partial charge in [0.05, 0.1) is 13.2 Å². The fraction of sp³-hybridized carbons (Fsp3) is 0.385. The summed E-state index contributed by atoms with van der Waals surface area (Å²) in [6.07, 6.45) is 0.886. The Bertz CT molecular complexity index is 1470. The molecule has 0 saturated heterocycles. The predicted molar refractivity (Wildman–Crippen MR) is 175 cm³/mol. The average Bonchev–Trinajstić information content (AvgIpc) is 3.35. The highest BCUT2D eigenvalue weighted by molar-refractivity contribution is 5.63. The van der Waals surface area contributed by atoms with Gasteiger partial charge in [0.15, 0.2) is 0 Å². The van der Waals surface area contributed by atoms with E-state index in [0.29, 0.717) is 0 Å². The Morgan fingerprint density at radius 3 is 1.63 bits per heavy atom. The molecule has 4 nitrogen and oxygen atoms in total. The minimum Gasteiger partial charge on any atom is -0.491 e. The smallest absolute Gasteiger partial charge is 0.123 e. The van der Waals surface area contributed by atoms with Crippen molar-refractivity contribution in [2.45, 2.75) is 70.1 Å². The highest BCUT2D eigenvalue weighted by Gasteiger charge is 2.47. The van der Waals surface area contributed by atoms with Crippen LogP contribution in [-0.2, 0) is 16.2 Å². The molecule has 226 valence electrons. The summed E-state index contributed by atoms with van der Waals surface area (Å²) >= 11 is 0. The van der Waals surface area contributed by atoms with Gasteiger partial charge in [0.1, 0.15) is 24.7 Å². The second-order valence-corrected chi connectivity index (χ2v) is 13.7. The molecule has 2 N–H and O–H groups in total. The molecular formula is C39H46O4. The Morgan fingerprint density at radius 2 is 1.14 bits per heavy atom. The molecule has 4 aromatic carbocycles. The first kappa shape index (κ1) is 30.8. The van der Waals surface area contributed by atoms with Crippen LogP contribution in [0.5, 0.6) is 11.5 Å². The average molecular weight is 579 g/mol. The van der Waals surface area contributed by atoms with Crippen LogP contribution < -0.4 is 9.47 Å². The van der Waals surface area contributed by atoms with Crippen molar-refractivity contribution in [3.63, 3.8) is 0 Å². The molecule has 0 saturated carbocycles. The van der Waals surface area contributed by atoms with Crippen molar-refractivity contribution >= 4 is 0 Å². The molecular weight excluding hydrogens is 532 g/mol. The van der Waals surface area contributed by atoms with Crippen LogP contribution in [0.15, 0.2) is 91.0 Å². The Hall–Kier alpha value is -3.60. The van der Waals surface area contributed by atoms with Crippen LogP contribution in [0.25, 0.3) is 0 Å². The van der Waals surface area contributed by atoms with Gasteiger partial charge in [-0.3, -0.25) is 0 Å². The molecule has 0 heterocycles. The summed E-state index contributed by atoms with van der Waals surface area (Å²) in [7, 11) is 0. The third-order valence-corrected chi connectivity index (χ3v) is 8.77. The van der Waals surface area contributed by atoms with Crippen LogP contribution in [-0.4, -0.2) is 36.6 Å². The zero-order valence-corrected chi connectivity index (χ0v) is 26.5. The summed E-state index contributed by atoms with van der Waals surface area (Å²) in [5.41, 5.74) is 7.91. The first-order chi connectivity index (χ1) is 20.5. The first-order valence-corrected chi connectivity index (χ1v) is 15.4. The number of ether oxygens (including phenoxy) is 2. The van der Waals surface area contributed by atoms with Gasteiger partial charge >= 0.3 is 0 Å². The van der Waals surface area contributed by atoms with Crippen molar-refractivity contribution in [3.8, 4) is 11.5 Å². The summed E-state index contributed by atoms with van der Waals surface area (Å²) in [5, 5.41) is 19.0. The van der Waals surface area contributed by atoms with E-state index in [-0.39, 0.29) is 43.2 Å². The van der Waals surface area contributed by atoms with E-state index in [9.17, 15) is 10.2 Å². The molecule has 0 aromatic heterocycles. The van der Waals surface area contributed by atoms with Crippen LogP contribution in [0.2, 0.25) is 0 Å². The lowest BCUT2D eigenvalue weighted by atomic mass is 9.67. The van der Waals surface area contributed by atoms with Crippen molar-refractivity contribution in [2.75, 3.05) is 26.4 Å². The second kappa shape index (κ2) is 12.2. The molecule has 5 rings (SSSR count). The van der Waals surface area contributed by atoms with E-state index < -0.39 is 5.41 Å². The lowest BCUT2D eigenvalue weighted by Crippen LogP contribution is -2.29. The van der Waals surface area contributed by atoms with Crippen molar-refractivity contribution < 1.29 is 19.7 Å². The van der Waals surface area contributed by atoms with Gasteiger partial charge in [-0.25, -0.2) is 0 Å². The van der Waals surface area contributed by atoms with E-state index in [0.717, 1.165) is 29.0 Å². The van der Waals surface area contributed by atoms with E-state index >= 15 is 0 Å². The molecule has 1 unspecified atom stereocenters. The number of aliphatic hydroxyl groups is 2. The summed E-state index contributed by atoms with van der Waals surface area (Å²) in [6.45, 7) is 13.7. The standard InChI is InChI=1S/C39H46O4/c1-37(2,3)33-24-28(16-18-35(33)42-22-20-40)39(29-17-19-36(43-23-21-41)34(25-29)38(4,5)6)26-31(27-12-8-7-9-13-27)30-14-10-11-15-32(30)39/h7-19,24-25,31,40-41H,20-23,26H2,1-6H3. The van der Waals surface area contributed by atoms with E-state index in [4.69, 9.17) is 9.47 Å². The highest BCUT2D eigenvalue weighted by atomic mass is 16.5. The number of fused-ring (bicyclic) bond motifs is 1. The topological polar surface area (TPSA) is 58.9 Å². The fourth-order valence-corrected chi connectivity index (χ4v) is 6.74. The molecule has 0 fully saturated rings. The summed E-state index contributed by atoms with van der Waals surface area (Å²) in [6, 6.07) is 33.1. The van der Waals surface area contributed by atoms with Gasteiger partial charge in [-0.2, -0.15) is 0 Å². The first-order valence-electron chi connectivity index (χ1n) is 15.4. The normalized spacial score (nSPS) is 16.1. The van der Waals surface area contributed by atoms with Crippen molar-refractivity contribution in [1.82, 2.24) is 0 Å². The van der Waals surface area contributed by atoms with Crippen molar-refractivity contribution in [1.29, 1.82) is 0 Å². The molecule has 4 heteroatoms. The minimum absolute atomic E-state index is 0.0261. The molecule has 0 spiro atoms. The van der Waals surface area contributed by atoms with Crippen LogP contribution in [0.4, 0.5) is 0 Å². The van der Waals surface area contributed by atoms with Gasteiger partial charge in [0, 0.05) is 11.3 Å². The van der Waals surface area contributed by atoms with Crippen LogP contribution in [0.1, 0.15) is 92.8 Å². The third-order valence-electron chi connectivity index (χ3n) is 8.77. The Balaban J connectivity index is 1.81. The maximum absolute atomic E-state index is 9.50. The predicted octanol–water partition coefficient (Wildman–Crippen LogP) is 7.89. The lowest BCUT2D eigenvalue weighted by Gasteiger charge is -2.36. The fourth-order valence-electron chi connectivity index (χ4n) is 6.74. The number of benzene rings is 4. The SMILES string of the molecule is CC(C)(C)c1cc(C2(c3ccc(OCCO)c(C(C)(C)C)c3)CC(c3ccccc3)c3ccccc32)ccc1OCCO. The summed E-state index contributed by atoms with van der Waals surface area (Å²) in [4.78, 5) is 0. The zero-order chi connectivity index (χ0) is 30.8. The molecule has 1 atom stereocenters. The van der Waals surface area contributed by atoms with Gasteiger partial charge in [0.2, 0.25) is 0 Å². The molecule has 1 aliphatic carbocycles. The Kier molecular flexibility index (Phi) is 8.74. The van der Waals surface area contributed by atoms with E-state index in [1.165, 1.54) is 27.8 Å². The summed E-state index contributed by atoms with van der Waals surface area (Å²) in [5.74, 6) is 1.85. The van der Waals surface area contributed by atoms with Gasteiger partial charge in [-0.05, 0) is 68.3 Å². The minimum atomic E-state index is -0.428. The van der Waals surface area contributed by atoms with Crippen LogP contribution in [0.3, 0.4) is 0 Å². The second-order valence-electron chi connectivity index (χ2n) is 13.7. The van der Waals surface area contributed by atoms with Gasteiger partial charge < -0.3 is 19.7 Å².